The van der Waals surface area contributed by atoms with E-state index in [1.807, 2.05) is 0 Å². The molecule has 5 aliphatic carbocycles. The van der Waals surface area contributed by atoms with Crippen LogP contribution in [0.1, 0.15) is 114 Å². The molecule has 3 saturated carbocycles. The van der Waals surface area contributed by atoms with Gasteiger partial charge in [-0.1, -0.05) is 66.2 Å². The van der Waals surface area contributed by atoms with E-state index in [4.69, 9.17) is 9.47 Å². The minimum absolute atomic E-state index is 0.160. The van der Waals surface area contributed by atoms with Gasteiger partial charge < -0.3 is 19.7 Å². The van der Waals surface area contributed by atoms with E-state index >= 15 is 0 Å². The van der Waals surface area contributed by atoms with Crippen LogP contribution in [0.5, 0.6) is 0 Å². The van der Waals surface area contributed by atoms with E-state index in [1.54, 1.807) is 0 Å². The lowest BCUT2D eigenvalue weighted by Crippen LogP contribution is -2.69. The van der Waals surface area contributed by atoms with Crippen LogP contribution in [0.4, 0.5) is 0 Å². The van der Waals surface area contributed by atoms with Gasteiger partial charge in [0.2, 0.25) is 0 Å². The number of hydrogen-bond donors (Lipinski definition) is 2. The molecule has 0 aliphatic heterocycles. The van der Waals surface area contributed by atoms with Gasteiger partial charge in [-0.2, -0.15) is 0 Å². The molecule has 0 aromatic carbocycles. The summed E-state index contributed by atoms with van der Waals surface area (Å²) in [6, 6.07) is 0. The molecule has 8 unspecified atom stereocenters. The lowest BCUT2D eigenvalue weighted by Gasteiger charge is -2.70. The summed E-state index contributed by atoms with van der Waals surface area (Å²) >= 11 is 0. The van der Waals surface area contributed by atoms with E-state index in [1.165, 1.54) is 19.4 Å². The predicted molar refractivity (Wildman–Crippen MR) is 155 cm³/mol. The number of rotatable bonds is 3. The van der Waals surface area contributed by atoms with E-state index in [0.717, 1.165) is 18.4 Å². The SMILES string of the molecule is CC(=O)OC1CC2(C)C(=CCC3(C)C2CC=C2C3(C)CCC3(C(=O)O)CCC(C)(C)CC23O)C(C)(C)C1OC(C)=O. The number of carbonyl (C=O) groups excluding carboxylic acids is 2. The third-order valence-electron chi connectivity index (χ3n) is 12.9. The molecule has 0 amide bonds. The zero-order valence-corrected chi connectivity index (χ0v) is 26.5. The van der Waals surface area contributed by atoms with Gasteiger partial charge in [-0.3, -0.25) is 14.4 Å². The summed E-state index contributed by atoms with van der Waals surface area (Å²) in [7, 11) is 0. The highest BCUT2D eigenvalue weighted by Gasteiger charge is 2.73. The molecule has 228 valence electrons. The molecule has 0 aromatic heterocycles. The number of carboxylic acid groups (broad SMARTS) is 1. The minimum Gasteiger partial charge on any atom is -0.481 e. The predicted octanol–water partition coefficient (Wildman–Crippen LogP) is 6.38. The Morgan fingerprint density at radius 3 is 2.05 bits per heavy atom. The molecule has 0 heterocycles. The smallest absolute Gasteiger partial charge is 0.312 e. The van der Waals surface area contributed by atoms with Gasteiger partial charge >= 0.3 is 17.9 Å². The van der Waals surface area contributed by atoms with Crippen LogP contribution in [-0.4, -0.2) is 45.9 Å². The fourth-order valence-electron chi connectivity index (χ4n) is 10.9. The van der Waals surface area contributed by atoms with Crippen molar-refractivity contribution in [2.75, 3.05) is 0 Å². The summed E-state index contributed by atoms with van der Waals surface area (Å²) in [4.78, 5) is 37.3. The van der Waals surface area contributed by atoms with Crippen LogP contribution in [0.2, 0.25) is 0 Å². The van der Waals surface area contributed by atoms with Gasteiger partial charge in [0.1, 0.15) is 23.2 Å². The Morgan fingerprint density at radius 2 is 1.46 bits per heavy atom. The molecule has 2 N–H and O–H groups in total. The van der Waals surface area contributed by atoms with Crippen LogP contribution in [0.15, 0.2) is 23.3 Å². The standard InChI is InChI=1S/C34H50O7/c1-20(35)40-22-18-30(7)23(29(5,6)26(22)41-21(2)36)12-13-31(8)24(30)10-11-25-32(31,9)15-17-33(27(37)38)16-14-28(3,4)19-34(25,33)39/h11-12,22,24,26,39H,10,13-19H2,1-9H3,(H,37,38). The van der Waals surface area contributed by atoms with Gasteiger partial charge in [-0.15, -0.1) is 0 Å². The van der Waals surface area contributed by atoms with E-state index in [9.17, 15) is 24.6 Å². The number of aliphatic hydroxyl groups is 1. The first-order valence-corrected chi connectivity index (χ1v) is 15.4. The van der Waals surface area contributed by atoms with Crippen molar-refractivity contribution in [1.29, 1.82) is 0 Å². The Morgan fingerprint density at radius 1 is 0.854 bits per heavy atom. The average Bonchev–Trinajstić information content (AvgIpc) is 2.80. The van der Waals surface area contributed by atoms with Crippen molar-refractivity contribution >= 4 is 17.9 Å². The highest BCUT2D eigenvalue weighted by molar-refractivity contribution is 5.78. The zero-order valence-electron chi connectivity index (χ0n) is 26.5. The van der Waals surface area contributed by atoms with Gasteiger partial charge in [0, 0.05) is 19.3 Å². The van der Waals surface area contributed by atoms with Crippen LogP contribution in [0, 0.1) is 38.4 Å². The Bertz CT molecular complexity index is 1240. The molecule has 8 atom stereocenters. The largest absolute Gasteiger partial charge is 0.481 e. The number of allylic oxidation sites excluding steroid dienone is 2. The molecule has 0 spiro atoms. The third-order valence-corrected chi connectivity index (χ3v) is 12.9. The number of esters is 2. The van der Waals surface area contributed by atoms with Crippen LogP contribution in [0.25, 0.3) is 0 Å². The average molecular weight is 571 g/mol. The van der Waals surface area contributed by atoms with Crippen molar-refractivity contribution < 1.29 is 34.1 Å². The van der Waals surface area contributed by atoms with Crippen molar-refractivity contribution in [1.82, 2.24) is 0 Å². The minimum atomic E-state index is -1.40. The first-order chi connectivity index (χ1) is 18.7. The summed E-state index contributed by atoms with van der Waals surface area (Å²) in [6.45, 7) is 18.1. The molecule has 0 saturated heterocycles. The van der Waals surface area contributed by atoms with Crippen molar-refractivity contribution in [3.8, 4) is 0 Å². The first kappa shape index (κ1) is 30.3. The topological polar surface area (TPSA) is 110 Å². The second kappa shape index (κ2) is 8.93. The summed E-state index contributed by atoms with van der Waals surface area (Å²) in [5.74, 6) is -1.50. The molecule has 7 heteroatoms. The Balaban J connectivity index is 1.64. The second-order valence-electron chi connectivity index (χ2n) is 16.1. The highest BCUT2D eigenvalue weighted by Crippen LogP contribution is 2.75. The normalized spacial score (nSPS) is 45.9. The van der Waals surface area contributed by atoms with Gasteiger partial charge in [0.25, 0.3) is 0 Å². The lowest BCUT2D eigenvalue weighted by molar-refractivity contribution is -0.210. The Kier molecular flexibility index (Phi) is 6.60. The summed E-state index contributed by atoms with van der Waals surface area (Å²) < 4.78 is 11.7. The lowest BCUT2D eigenvalue weighted by atomic mass is 9.34. The Hall–Kier alpha value is -2.15. The van der Waals surface area contributed by atoms with Crippen molar-refractivity contribution in [2.45, 2.75) is 131 Å². The summed E-state index contributed by atoms with van der Waals surface area (Å²) in [6.07, 6.45) is 8.25. The van der Waals surface area contributed by atoms with Gasteiger partial charge in [0.05, 0.1) is 0 Å². The number of hydrogen-bond acceptors (Lipinski definition) is 6. The quantitative estimate of drug-likeness (QED) is 0.299. The van der Waals surface area contributed by atoms with E-state index in [2.05, 4.69) is 60.6 Å². The fourth-order valence-corrected chi connectivity index (χ4v) is 10.9. The maximum absolute atomic E-state index is 12.9. The molecule has 0 aromatic rings. The number of carbonyl (C=O) groups is 3. The number of ether oxygens (including phenoxy) is 2. The monoisotopic (exact) mass is 570 g/mol. The molecule has 0 bridgehead atoms. The molecular weight excluding hydrogens is 520 g/mol. The summed E-state index contributed by atoms with van der Waals surface area (Å²) in [5.41, 5.74) is -2.15. The summed E-state index contributed by atoms with van der Waals surface area (Å²) in [5, 5.41) is 23.3. The van der Waals surface area contributed by atoms with Crippen molar-refractivity contribution in [3.63, 3.8) is 0 Å². The van der Waals surface area contributed by atoms with Crippen LogP contribution < -0.4 is 0 Å². The van der Waals surface area contributed by atoms with E-state index < -0.39 is 52.0 Å². The van der Waals surface area contributed by atoms with Crippen LogP contribution in [-0.2, 0) is 23.9 Å². The molecule has 0 radical (unpaired) electrons. The third kappa shape index (κ3) is 3.89. The highest BCUT2D eigenvalue weighted by atomic mass is 16.6. The van der Waals surface area contributed by atoms with Crippen molar-refractivity contribution in [3.05, 3.63) is 23.3 Å². The molecular formula is C34H50O7. The zero-order chi connectivity index (χ0) is 30.6. The van der Waals surface area contributed by atoms with Crippen LogP contribution >= 0.6 is 0 Å². The van der Waals surface area contributed by atoms with E-state index in [-0.39, 0.29) is 22.2 Å². The number of carboxylic acids is 1. The molecule has 3 fully saturated rings. The fraction of sp³-hybridized carbons (Fsp3) is 0.794. The van der Waals surface area contributed by atoms with Gasteiger partial charge in [-0.05, 0) is 84.5 Å². The van der Waals surface area contributed by atoms with Gasteiger partial charge in [0.15, 0.2) is 0 Å². The molecule has 5 rings (SSSR count). The first-order valence-electron chi connectivity index (χ1n) is 15.4. The number of aliphatic carboxylic acids is 1. The molecule has 41 heavy (non-hydrogen) atoms. The Labute approximate surface area is 245 Å². The van der Waals surface area contributed by atoms with Gasteiger partial charge in [-0.25, -0.2) is 0 Å². The number of fused-ring (bicyclic) bond motifs is 7. The van der Waals surface area contributed by atoms with Crippen molar-refractivity contribution in [2.24, 2.45) is 38.4 Å². The van der Waals surface area contributed by atoms with E-state index in [0.29, 0.717) is 38.5 Å². The maximum Gasteiger partial charge on any atom is 0.312 e. The second-order valence-corrected chi connectivity index (χ2v) is 16.1. The van der Waals surface area contributed by atoms with Crippen LogP contribution in [0.3, 0.4) is 0 Å². The molecule has 5 aliphatic rings. The molecule has 7 nitrogen and oxygen atoms in total. The maximum atomic E-state index is 12.9.